The van der Waals surface area contributed by atoms with Crippen LogP contribution in [0.5, 0.6) is 0 Å². The third-order valence-corrected chi connectivity index (χ3v) is 6.04. The summed E-state index contributed by atoms with van der Waals surface area (Å²) < 4.78 is 27.0. The van der Waals surface area contributed by atoms with Gasteiger partial charge in [-0.25, -0.2) is 13.1 Å². The van der Waals surface area contributed by atoms with Crippen molar-refractivity contribution in [3.8, 4) is 0 Å². The molecule has 1 amide bonds. The Morgan fingerprint density at radius 2 is 1.81 bits per heavy atom. The maximum Gasteiger partial charge on any atom is 0.240 e. The van der Waals surface area contributed by atoms with E-state index in [1.54, 1.807) is 6.07 Å². The lowest BCUT2D eigenvalue weighted by molar-refractivity contribution is -0.116. The van der Waals surface area contributed by atoms with Crippen LogP contribution in [0.4, 0.5) is 5.69 Å². The number of hydrogen-bond donors (Lipinski definition) is 2. The number of Topliss-reactive ketones (excluding diaryl/α,β-unsaturated/α-hetero) is 1. The second-order valence-electron chi connectivity index (χ2n) is 6.62. The zero-order valence-electron chi connectivity index (χ0n) is 15.1. The molecule has 1 aliphatic rings. The quantitative estimate of drug-likeness (QED) is 0.716. The van der Waals surface area contributed by atoms with Crippen molar-refractivity contribution in [2.45, 2.75) is 37.5 Å². The summed E-state index contributed by atoms with van der Waals surface area (Å²) in [4.78, 5) is 23.5. The van der Waals surface area contributed by atoms with Crippen LogP contribution in [0.25, 0.3) is 0 Å². The van der Waals surface area contributed by atoms with Crippen LogP contribution in [0.1, 0.15) is 41.3 Å². The molecule has 2 aromatic carbocycles. The van der Waals surface area contributed by atoms with E-state index in [0.29, 0.717) is 5.56 Å². The first-order valence-electron chi connectivity index (χ1n) is 8.87. The molecule has 3 rings (SSSR count). The molecule has 0 radical (unpaired) electrons. The fraction of sp³-hybridized carbons (Fsp3) is 0.300. The Labute approximate surface area is 159 Å². The number of fused-ring (bicyclic) bond motifs is 1. The molecule has 0 fully saturated rings. The predicted molar refractivity (Wildman–Crippen MR) is 103 cm³/mol. The highest BCUT2D eigenvalue weighted by atomic mass is 32.2. The number of carbonyl (C=O) groups is 2. The van der Waals surface area contributed by atoms with Gasteiger partial charge >= 0.3 is 0 Å². The molecule has 0 bridgehead atoms. The van der Waals surface area contributed by atoms with Crippen LogP contribution >= 0.6 is 0 Å². The summed E-state index contributed by atoms with van der Waals surface area (Å²) in [5, 5.41) is 2.80. The number of ketones is 1. The first-order chi connectivity index (χ1) is 12.8. The molecule has 7 heteroatoms. The van der Waals surface area contributed by atoms with Gasteiger partial charge in [-0.05, 0) is 61.6 Å². The number of benzene rings is 2. The van der Waals surface area contributed by atoms with E-state index in [0.717, 1.165) is 24.9 Å². The van der Waals surface area contributed by atoms with E-state index >= 15 is 0 Å². The van der Waals surface area contributed by atoms with E-state index in [9.17, 15) is 18.0 Å². The van der Waals surface area contributed by atoms with Gasteiger partial charge in [0.2, 0.25) is 15.9 Å². The Bertz CT molecular complexity index is 983. The zero-order chi connectivity index (χ0) is 19.4. The number of aryl methyl sites for hydroxylation is 2. The number of nitrogens with one attached hydrogen (secondary N) is 2. The minimum atomic E-state index is -3.78. The molecule has 0 aliphatic heterocycles. The van der Waals surface area contributed by atoms with E-state index in [1.807, 2.05) is 18.2 Å². The van der Waals surface area contributed by atoms with E-state index < -0.39 is 10.0 Å². The van der Waals surface area contributed by atoms with Crippen LogP contribution in [0, 0.1) is 0 Å². The van der Waals surface area contributed by atoms with Gasteiger partial charge in [0, 0.05) is 24.2 Å². The molecule has 0 saturated carbocycles. The third-order valence-electron chi connectivity index (χ3n) is 4.58. The molecule has 0 spiro atoms. The first kappa shape index (κ1) is 19.3. The van der Waals surface area contributed by atoms with E-state index in [2.05, 4.69) is 10.0 Å². The maximum atomic E-state index is 12.3. The van der Waals surface area contributed by atoms with Crippen LogP contribution in [-0.2, 0) is 27.7 Å². The summed E-state index contributed by atoms with van der Waals surface area (Å²) in [6.07, 6.45) is 3.26. The predicted octanol–water partition coefficient (Wildman–Crippen LogP) is 2.69. The van der Waals surface area contributed by atoms with Gasteiger partial charge in [-0.1, -0.05) is 18.2 Å². The minimum absolute atomic E-state index is 0.00855. The summed E-state index contributed by atoms with van der Waals surface area (Å²) in [6, 6.07) is 11.7. The van der Waals surface area contributed by atoms with Crippen molar-refractivity contribution in [1.29, 1.82) is 0 Å². The number of amides is 1. The lowest BCUT2D eigenvalue weighted by Gasteiger charge is -2.09. The summed E-state index contributed by atoms with van der Waals surface area (Å²) in [5.74, 6) is -0.464. The molecule has 142 valence electrons. The highest BCUT2D eigenvalue weighted by Crippen LogP contribution is 2.24. The average molecular weight is 386 g/mol. The standard InChI is InChI=1S/C20H22N2O4S/c1-14(23)16-5-3-7-19(13-16)27(25,26)21-11-10-20(24)22-18-9-8-15-4-2-6-17(15)12-18/h3,5,7-9,12-13,21H,2,4,6,10-11H2,1H3,(H,22,24). The second kappa shape index (κ2) is 8.02. The van der Waals surface area contributed by atoms with Crippen molar-refractivity contribution < 1.29 is 18.0 Å². The summed E-state index contributed by atoms with van der Waals surface area (Å²) in [5.41, 5.74) is 3.65. The van der Waals surface area contributed by atoms with Crippen molar-refractivity contribution in [1.82, 2.24) is 4.72 Å². The molecule has 2 N–H and O–H groups in total. The number of anilines is 1. The van der Waals surface area contributed by atoms with Gasteiger partial charge in [0.05, 0.1) is 4.90 Å². The van der Waals surface area contributed by atoms with Crippen LogP contribution < -0.4 is 10.0 Å². The highest BCUT2D eigenvalue weighted by Gasteiger charge is 2.16. The number of carbonyl (C=O) groups excluding carboxylic acids is 2. The van der Waals surface area contributed by atoms with Gasteiger partial charge in [-0.15, -0.1) is 0 Å². The fourth-order valence-electron chi connectivity index (χ4n) is 3.14. The molecule has 2 aromatic rings. The van der Waals surface area contributed by atoms with Crippen molar-refractivity contribution in [2.75, 3.05) is 11.9 Å². The summed E-state index contributed by atoms with van der Waals surface area (Å²) >= 11 is 0. The number of hydrogen-bond acceptors (Lipinski definition) is 4. The van der Waals surface area contributed by atoms with Crippen molar-refractivity contribution in [3.05, 3.63) is 59.2 Å². The van der Waals surface area contributed by atoms with Gasteiger partial charge in [0.25, 0.3) is 0 Å². The van der Waals surface area contributed by atoms with Crippen molar-refractivity contribution >= 4 is 27.4 Å². The number of sulfonamides is 1. The van der Waals surface area contributed by atoms with Crippen LogP contribution in [0.15, 0.2) is 47.4 Å². The SMILES string of the molecule is CC(=O)c1cccc(S(=O)(=O)NCCC(=O)Nc2ccc3c(c2)CCC3)c1. The molecular formula is C20H22N2O4S. The molecule has 1 aliphatic carbocycles. The Kier molecular flexibility index (Phi) is 5.72. The second-order valence-corrected chi connectivity index (χ2v) is 8.38. The lowest BCUT2D eigenvalue weighted by atomic mass is 10.1. The normalized spacial score (nSPS) is 13.2. The Balaban J connectivity index is 1.55. The van der Waals surface area contributed by atoms with Crippen LogP contribution in [-0.4, -0.2) is 26.7 Å². The Morgan fingerprint density at radius 3 is 2.59 bits per heavy atom. The summed E-state index contributed by atoms with van der Waals surface area (Å²) in [7, 11) is -3.78. The van der Waals surface area contributed by atoms with Gasteiger partial charge in [-0.3, -0.25) is 9.59 Å². The molecule has 0 heterocycles. The molecule has 27 heavy (non-hydrogen) atoms. The smallest absolute Gasteiger partial charge is 0.240 e. The van der Waals surface area contributed by atoms with Gasteiger partial charge in [-0.2, -0.15) is 0 Å². The lowest BCUT2D eigenvalue weighted by Crippen LogP contribution is -2.28. The topological polar surface area (TPSA) is 92.3 Å². The molecular weight excluding hydrogens is 364 g/mol. The van der Waals surface area contributed by atoms with E-state index in [-0.39, 0.29) is 29.6 Å². The maximum absolute atomic E-state index is 12.3. The van der Waals surface area contributed by atoms with Gasteiger partial charge in [0.1, 0.15) is 0 Å². The first-order valence-corrected chi connectivity index (χ1v) is 10.4. The highest BCUT2D eigenvalue weighted by molar-refractivity contribution is 7.89. The molecule has 6 nitrogen and oxygen atoms in total. The van der Waals surface area contributed by atoms with Gasteiger partial charge in [0.15, 0.2) is 5.78 Å². The zero-order valence-corrected chi connectivity index (χ0v) is 15.9. The monoisotopic (exact) mass is 386 g/mol. The third kappa shape index (κ3) is 4.81. The Morgan fingerprint density at radius 1 is 1.04 bits per heavy atom. The van der Waals surface area contributed by atoms with E-state index in [4.69, 9.17) is 0 Å². The summed E-state index contributed by atoms with van der Waals surface area (Å²) in [6.45, 7) is 1.35. The molecule has 0 atom stereocenters. The molecule has 0 aromatic heterocycles. The van der Waals surface area contributed by atoms with Crippen molar-refractivity contribution in [2.24, 2.45) is 0 Å². The molecule has 0 saturated heterocycles. The average Bonchev–Trinajstić information content (AvgIpc) is 3.09. The van der Waals surface area contributed by atoms with Crippen LogP contribution in [0.2, 0.25) is 0 Å². The van der Waals surface area contributed by atoms with Crippen LogP contribution in [0.3, 0.4) is 0 Å². The molecule has 0 unspecified atom stereocenters. The largest absolute Gasteiger partial charge is 0.326 e. The van der Waals surface area contributed by atoms with Gasteiger partial charge < -0.3 is 5.32 Å². The van der Waals surface area contributed by atoms with Crippen molar-refractivity contribution in [3.63, 3.8) is 0 Å². The van der Waals surface area contributed by atoms with E-state index in [1.165, 1.54) is 36.2 Å². The number of rotatable bonds is 7. The Hall–Kier alpha value is -2.51. The minimum Gasteiger partial charge on any atom is -0.326 e. The fourth-order valence-corrected chi connectivity index (χ4v) is 4.21.